The lowest BCUT2D eigenvalue weighted by Crippen LogP contribution is -2.48. The van der Waals surface area contributed by atoms with Gasteiger partial charge in [0.05, 0.1) is 0 Å². The van der Waals surface area contributed by atoms with E-state index in [1.807, 2.05) is 0 Å². The van der Waals surface area contributed by atoms with Crippen LogP contribution in [0.5, 0.6) is 0 Å². The molecule has 1 saturated carbocycles. The van der Waals surface area contributed by atoms with Gasteiger partial charge < -0.3 is 10.6 Å². The molecule has 0 heterocycles. The van der Waals surface area contributed by atoms with Crippen molar-refractivity contribution in [2.24, 2.45) is 5.73 Å². The maximum absolute atomic E-state index is 6.46. The van der Waals surface area contributed by atoms with Crippen LogP contribution in [-0.4, -0.2) is 18.6 Å². The molecule has 1 aromatic carbocycles. The second-order valence-electron chi connectivity index (χ2n) is 5.42. The fourth-order valence-electron chi connectivity index (χ4n) is 2.76. The van der Waals surface area contributed by atoms with E-state index in [1.165, 1.54) is 36.9 Å². The Morgan fingerprint density at radius 2 is 1.76 bits per heavy atom. The minimum atomic E-state index is 0.0426. The van der Waals surface area contributed by atoms with Crippen LogP contribution in [0.2, 0.25) is 0 Å². The first-order chi connectivity index (χ1) is 8.13. The molecule has 1 aliphatic rings. The van der Waals surface area contributed by atoms with Crippen LogP contribution in [0.1, 0.15) is 38.2 Å². The van der Waals surface area contributed by atoms with E-state index in [-0.39, 0.29) is 5.54 Å². The number of aryl methyl sites for hydroxylation is 1. The second kappa shape index (κ2) is 5.09. The second-order valence-corrected chi connectivity index (χ2v) is 5.42. The summed E-state index contributed by atoms with van der Waals surface area (Å²) in [5.41, 5.74) is 9.12. The van der Waals surface area contributed by atoms with Crippen LogP contribution in [-0.2, 0) is 0 Å². The third-order valence-corrected chi connectivity index (χ3v) is 3.89. The van der Waals surface area contributed by atoms with Gasteiger partial charge in [0, 0.05) is 24.3 Å². The third kappa shape index (κ3) is 3.01. The van der Waals surface area contributed by atoms with Gasteiger partial charge in [0.15, 0.2) is 0 Å². The Morgan fingerprint density at radius 1 is 1.18 bits per heavy atom. The van der Waals surface area contributed by atoms with E-state index in [4.69, 9.17) is 5.73 Å². The zero-order valence-corrected chi connectivity index (χ0v) is 11.1. The molecule has 1 aliphatic carbocycles. The number of hydrogen-bond donors (Lipinski definition) is 1. The van der Waals surface area contributed by atoms with Crippen molar-refractivity contribution in [1.82, 2.24) is 0 Å². The molecular formula is C15H24N2. The van der Waals surface area contributed by atoms with Gasteiger partial charge in [0.2, 0.25) is 0 Å². The summed E-state index contributed by atoms with van der Waals surface area (Å²) in [6.45, 7) is 6.36. The molecule has 2 nitrogen and oxygen atoms in total. The van der Waals surface area contributed by atoms with Crippen LogP contribution in [0.4, 0.5) is 5.69 Å². The van der Waals surface area contributed by atoms with Crippen LogP contribution >= 0.6 is 0 Å². The Morgan fingerprint density at radius 3 is 2.29 bits per heavy atom. The SMILES string of the molecule is CCN(CC1(N)CCCC1)c1ccc(C)cc1. The van der Waals surface area contributed by atoms with Gasteiger partial charge in [-0.25, -0.2) is 0 Å². The zero-order chi connectivity index (χ0) is 12.3. The maximum atomic E-state index is 6.46. The summed E-state index contributed by atoms with van der Waals surface area (Å²) in [4.78, 5) is 2.41. The molecule has 1 aromatic rings. The number of benzene rings is 1. The number of likely N-dealkylation sites (N-methyl/N-ethyl adjacent to an activating group) is 1. The predicted octanol–water partition coefficient (Wildman–Crippen LogP) is 3.09. The molecule has 2 heteroatoms. The number of rotatable bonds is 4. The summed E-state index contributed by atoms with van der Waals surface area (Å²) >= 11 is 0. The highest BCUT2D eigenvalue weighted by molar-refractivity contribution is 5.47. The van der Waals surface area contributed by atoms with Gasteiger partial charge in [-0.3, -0.25) is 0 Å². The lowest BCUT2D eigenvalue weighted by Gasteiger charge is -2.33. The highest BCUT2D eigenvalue weighted by Gasteiger charge is 2.31. The Hall–Kier alpha value is -1.02. The van der Waals surface area contributed by atoms with Crippen molar-refractivity contribution < 1.29 is 0 Å². The number of anilines is 1. The van der Waals surface area contributed by atoms with Gasteiger partial charge in [-0.05, 0) is 38.8 Å². The fraction of sp³-hybridized carbons (Fsp3) is 0.600. The van der Waals surface area contributed by atoms with Crippen molar-refractivity contribution in [1.29, 1.82) is 0 Å². The van der Waals surface area contributed by atoms with E-state index >= 15 is 0 Å². The Bertz CT molecular complexity index is 350. The minimum Gasteiger partial charge on any atom is -0.370 e. The summed E-state index contributed by atoms with van der Waals surface area (Å²) in [7, 11) is 0. The molecule has 0 aliphatic heterocycles. The highest BCUT2D eigenvalue weighted by atomic mass is 15.1. The molecule has 0 aromatic heterocycles. The first-order valence-corrected chi connectivity index (χ1v) is 6.73. The summed E-state index contributed by atoms with van der Waals surface area (Å²) < 4.78 is 0. The lowest BCUT2D eigenvalue weighted by molar-refractivity contribution is 0.436. The molecule has 0 radical (unpaired) electrons. The first-order valence-electron chi connectivity index (χ1n) is 6.73. The van der Waals surface area contributed by atoms with E-state index in [1.54, 1.807) is 0 Å². The van der Waals surface area contributed by atoms with Crippen molar-refractivity contribution in [2.45, 2.75) is 45.1 Å². The molecule has 0 spiro atoms. The third-order valence-electron chi connectivity index (χ3n) is 3.89. The molecular weight excluding hydrogens is 208 g/mol. The van der Waals surface area contributed by atoms with Gasteiger partial charge in [-0.1, -0.05) is 30.5 Å². The van der Waals surface area contributed by atoms with Crippen LogP contribution in [0.15, 0.2) is 24.3 Å². The fourth-order valence-corrected chi connectivity index (χ4v) is 2.76. The average molecular weight is 232 g/mol. The van der Waals surface area contributed by atoms with Crippen LogP contribution in [0, 0.1) is 6.92 Å². The van der Waals surface area contributed by atoms with Crippen LogP contribution < -0.4 is 10.6 Å². The van der Waals surface area contributed by atoms with Gasteiger partial charge >= 0.3 is 0 Å². The van der Waals surface area contributed by atoms with Gasteiger partial charge in [0.1, 0.15) is 0 Å². The standard InChI is InChI=1S/C15H24N2/c1-3-17(12-15(16)10-4-5-11-15)14-8-6-13(2)7-9-14/h6-9H,3-5,10-12,16H2,1-2H3. The van der Waals surface area contributed by atoms with Gasteiger partial charge in [-0.2, -0.15) is 0 Å². The molecule has 0 bridgehead atoms. The van der Waals surface area contributed by atoms with E-state index in [9.17, 15) is 0 Å². The smallest absolute Gasteiger partial charge is 0.0366 e. The molecule has 2 N–H and O–H groups in total. The van der Waals surface area contributed by atoms with Gasteiger partial charge in [0.25, 0.3) is 0 Å². The Labute approximate surface area is 105 Å². The molecule has 17 heavy (non-hydrogen) atoms. The molecule has 0 atom stereocenters. The van der Waals surface area contributed by atoms with Crippen LogP contribution in [0.25, 0.3) is 0 Å². The predicted molar refractivity (Wildman–Crippen MR) is 74.5 cm³/mol. The highest BCUT2D eigenvalue weighted by Crippen LogP contribution is 2.29. The summed E-state index contributed by atoms with van der Waals surface area (Å²) in [6, 6.07) is 8.76. The molecule has 1 fully saturated rings. The summed E-state index contributed by atoms with van der Waals surface area (Å²) in [5.74, 6) is 0. The number of nitrogens with two attached hydrogens (primary N) is 1. The zero-order valence-electron chi connectivity index (χ0n) is 11.1. The molecule has 0 amide bonds. The normalized spacial score (nSPS) is 18.3. The average Bonchev–Trinajstić information content (AvgIpc) is 2.75. The van der Waals surface area contributed by atoms with Crippen molar-refractivity contribution >= 4 is 5.69 Å². The van der Waals surface area contributed by atoms with Crippen molar-refractivity contribution in [3.05, 3.63) is 29.8 Å². The van der Waals surface area contributed by atoms with E-state index in [0.717, 1.165) is 13.1 Å². The number of nitrogens with zero attached hydrogens (tertiary/aromatic N) is 1. The Balaban J connectivity index is 2.08. The van der Waals surface area contributed by atoms with Crippen molar-refractivity contribution in [3.8, 4) is 0 Å². The molecule has 0 unspecified atom stereocenters. The molecule has 94 valence electrons. The summed E-state index contributed by atoms with van der Waals surface area (Å²) in [6.07, 6.45) is 4.94. The monoisotopic (exact) mass is 232 g/mol. The molecule has 0 saturated heterocycles. The topological polar surface area (TPSA) is 29.3 Å². The lowest BCUT2D eigenvalue weighted by atomic mass is 9.98. The largest absolute Gasteiger partial charge is 0.370 e. The Kier molecular flexibility index (Phi) is 3.72. The van der Waals surface area contributed by atoms with Gasteiger partial charge in [-0.15, -0.1) is 0 Å². The van der Waals surface area contributed by atoms with Crippen molar-refractivity contribution in [2.75, 3.05) is 18.0 Å². The summed E-state index contributed by atoms with van der Waals surface area (Å²) in [5, 5.41) is 0. The van der Waals surface area contributed by atoms with Crippen LogP contribution in [0.3, 0.4) is 0 Å². The van der Waals surface area contributed by atoms with E-state index in [0.29, 0.717) is 0 Å². The first kappa shape index (κ1) is 12.4. The van der Waals surface area contributed by atoms with Crippen molar-refractivity contribution in [3.63, 3.8) is 0 Å². The number of hydrogen-bond acceptors (Lipinski definition) is 2. The van der Waals surface area contributed by atoms with E-state index < -0.39 is 0 Å². The minimum absolute atomic E-state index is 0.0426. The molecule has 2 rings (SSSR count). The quantitative estimate of drug-likeness (QED) is 0.864. The maximum Gasteiger partial charge on any atom is 0.0366 e. The van der Waals surface area contributed by atoms with E-state index in [2.05, 4.69) is 43.0 Å².